The second-order valence-electron chi connectivity index (χ2n) is 28.1. The van der Waals surface area contributed by atoms with Gasteiger partial charge in [-0.25, -0.2) is 24.5 Å². The minimum absolute atomic E-state index is 0.246. The SMILES string of the molecule is Brc1ccnc2c1-c1ccccc1C2.Brc1nc(N2CCNCC2)sc1-c1ccnc2c1-c1ccccc1C2.CC(C)(C)OC(=O)N1CCN(c2nc(Br)c(-c3ccnc4c3-c3ccccc3C4)s2)CC1.CC(C)(C)OC(=O)N1CCN(c2nc(Br)c(B3OC(C)(C)C(C)(C)O3)s2)CC1. The number of aromatic nitrogens is 6. The van der Waals surface area contributed by atoms with Crippen molar-refractivity contribution >= 4 is 137 Å². The Balaban J connectivity index is 0.000000122. The van der Waals surface area contributed by atoms with Gasteiger partial charge in [-0.2, -0.15) is 0 Å². The lowest BCUT2D eigenvalue weighted by molar-refractivity contribution is 0.00578. The van der Waals surface area contributed by atoms with Crippen LogP contribution in [-0.4, -0.2) is 160 Å². The van der Waals surface area contributed by atoms with Crippen LogP contribution in [0.1, 0.15) is 103 Å². The van der Waals surface area contributed by atoms with Gasteiger partial charge in [-0.3, -0.25) is 15.0 Å². The molecule has 1 N–H and O–H groups in total. The Morgan fingerprint density at radius 1 is 0.475 bits per heavy atom. The van der Waals surface area contributed by atoms with Crippen molar-refractivity contribution < 1.29 is 28.4 Å². The third-order valence-electron chi connectivity index (χ3n) is 18.5. The van der Waals surface area contributed by atoms with Crippen LogP contribution in [0.4, 0.5) is 25.0 Å². The summed E-state index contributed by atoms with van der Waals surface area (Å²) in [6.45, 7) is 28.9. The van der Waals surface area contributed by atoms with Crippen molar-refractivity contribution in [1.29, 1.82) is 0 Å². The predicted octanol–water partition coefficient (Wildman–Crippen LogP) is 16.2. The van der Waals surface area contributed by atoms with Crippen LogP contribution >= 0.6 is 97.7 Å². The predicted molar refractivity (Wildman–Crippen MR) is 413 cm³/mol. The molecule has 26 heteroatoms. The number of halogens is 4. The minimum Gasteiger partial charge on any atom is -0.444 e. The van der Waals surface area contributed by atoms with Crippen molar-refractivity contribution in [3.8, 4) is 54.3 Å². The van der Waals surface area contributed by atoms with Gasteiger partial charge in [-0.15, -0.1) is 11.3 Å². The number of hydrogen-bond donors (Lipinski definition) is 1. The maximum atomic E-state index is 12.4. The molecule has 4 fully saturated rings. The first-order valence-electron chi connectivity index (χ1n) is 33.4. The van der Waals surface area contributed by atoms with Crippen LogP contribution in [0.2, 0.25) is 0 Å². The van der Waals surface area contributed by atoms with Gasteiger partial charge >= 0.3 is 19.3 Å². The van der Waals surface area contributed by atoms with E-state index in [-0.39, 0.29) is 23.4 Å². The Bertz CT molecular complexity index is 4460. The fraction of sp³-hybridized carbons (Fsp3) is 0.397. The van der Waals surface area contributed by atoms with Gasteiger partial charge < -0.3 is 48.6 Å². The fourth-order valence-electron chi connectivity index (χ4n) is 12.8. The van der Waals surface area contributed by atoms with Gasteiger partial charge in [0.05, 0.1) is 42.8 Å². The Morgan fingerprint density at radius 2 is 0.838 bits per heavy atom. The molecule has 4 saturated heterocycles. The summed E-state index contributed by atoms with van der Waals surface area (Å²) in [5, 5.41) is 6.36. The quantitative estimate of drug-likeness (QED) is 0.155. The summed E-state index contributed by atoms with van der Waals surface area (Å²) in [6, 6.07) is 31.9. The molecular formula is C73H79BBr4N12O6S3. The monoisotopic (exact) mass is 1640 g/mol. The summed E-state index contributed by atoms with van der Waals surface area (Å²) >= 11 is 19.6. The highest BCUT2D eigenvalue weighted by molar-refractivity contribution is 9.11. The molecule has 7 aliphatic rings. The molecule has 0 unspecified atom stereocenters. The fourth-order valence-corrected chi connectivity index (χ4v) is 18.6. The Hall–Kier alpha value is -6.20. The topological polar surface area (TPSA) is 177 Å². The zero-order valence-corrected chi connectivity index (χ0v) is 66.0. The molecule has 0 radical (unpaired) electrons. The molecule has 3 aliphatic carbocycles. The van der Waals surface area contributed by atoms with Gasteiger partial charge in [0.2, 0.25) is 0 Å². The highest BCUT2D eigenvalue weighted by atomic mass is 79.9. The van der Waals surface area contributed by atoms with Crippen molar-refractivity contribution in [2.24, 2.45) is 0 Å². The average molecular weight is 1650 g/mol. The van der Waals surface area contributed by atoms with Crippen LogP contribution in [0.25, 0.3) is 54.3 Å². The number of rotatable bonds is 6. The summed E-state index contributed by atoms with van der Waals surface area (Å²) in [6.07, 6.45) is 7.92. The van der Waals surface area contributed by atoms with E-state index in [1.54, 1.807) is 43.8 Å². The van der Waals surface area contributed by atoms with Gasteiger partial charge in [0.15, 0.2) is 15.4 Å². The number of carbonyl (C=O) groups excluding carboxylic acids is 2. The first kappa shape index (κ1) is 71.2. The summed E-state index contributed by atoms with van der Waals surface area (Å²) in [4.78, 5) is 65.2. The van der Waals surface area contributed by atoms with Gasteiger partial charge in [0.25, 0.3) is 0 Å². The second kappa shape index (κ2) is 29.3. The number of thiazole rings is 3. The van der Waals surface area contributed by atoms with E-state index in [1.807, 2.05) is 93.9 Å². The normalized spacial score (nSPS) is 17.0. The minimum atomic E-state index is -0.480. The van der Waals surface area contributed by atoms with Crippen molar-refractivity contribution in [2.45, 2.75) is 111 Å². The molecule has 10 heterocycles. The number of piperazine rings is 3. The first-order valence-corrected chi connectivity index (χ1v) is 39.0. The molecule has 16 rings (SSSR count). The van der Waals surface area contributed by atoms with E-state index in [1.165, 1.54) is 77.5 Å². The molecule has 99 heavy (non-hydrogen) atoms. The number of fused-ring (bicyclic) bond motifs is 9. The number of hydrogen-bond acceptors (Lipinski definition) is 19. The van der Waals surface area contributed by atoms with Gasteiger partial charge in [0, 0.05) is 149 Å². The third kappa shape index (κ3) is 15.6. The first-order chi connectivity index (χ1) is 47.3. The number of amides is 2. The maximum absolute atomic E-state index is 12.4. The van der Waals surface area contributed by atoms with E-state index in [0.29, 0.717) is 39.3 Å². The molecule has 6 aromatic heterocycles. The third-order valence-corrected chi connectivity index (χ3v) is 25.1. The molecule has 9 aromatic rings. The van der Waals surface area contributed by atoms with Crippen LogP contribution in [0.5, 0.6) is 0 Å². The molecular weight excluding hydrogens is 1570 g/mol. The van der Waals surface area contributed by atoms with Gasteiger partial charge in [0.1, 0.15) is 25.0 Å². The molecule has 4 aliphatic heterocycles. The van der Waals surface area contributed by atoms with Crippen LogP contribution < -0.4 is 24.8 Å². The average Bonchev–Trinajstić information content (AvgIpc) is 1.63. The number of carbonyl (C=O) groups is 2. The van der Waals surface area contributed by atoms with E-state index in [9.17, 15) is 9.59 Å². The Kier molecular flexibility index (Phi) is 21.1. The molecule has 0 spiro atoms. The van der Waals surface area contributed by atoms with E-state index in [4.69, 9.17) is 28.8 Å². The smallest absolute Gasteiger partial charge is 0.444 e. The van der Waals surface area contributed by atoms with E-state index in [2.05, 4.69) is 189 Å². The number of anilines is 3. The highest BCUT2D eigenvalue weighted by Crippen LogP contribution is 2.49. The van der Waals surface area contributed by atoms with Gasteiger partial charge in [-0.05, 0) is 169 Å². The Labute approximate surface area is 625 Å². The zero-order chi connectivity index (χ0) is 69.7. The summed E-state index contributed by atoms with van der Waals surface area (Å²) < 4.78 is 27.9. The summed E-state index contributed by atoms with van der Waals surface area (Å²) in [5.41, 5.74) is 15.9. The van der Waals surface area contributed by atoms with E-state index >= 15 is 0 Å². The maximum Gasteiger partial charge on any atom is 0.508 e. The number of benzene rings is 3. The van der Waals surface area contributed by atoms with Crippen molar-refractivity contribution in [3.63, 3.8) is 0 Å². The van der Waals surface area contributed by atoms with Crippen LogP contribution in [0.15, 0.2) is 128 Å². The molecule has 516 valence electrons. The van der Waals surface area contributed by atoms with Crippen LogP contribution in [-0.2, 0) is 38.0 Å². The van der Waals surface area contributed by atoms with Crippen molar-refractivity contribution in [2.75, 3.05) is 93.2 Å². The van der Waals surface area contributed by atoms with Gasteiger partial charge in [-0.1, -0.05) is 111 Å². The standard InChI is InChI=1S/C24H25BrN4O2S.C19H17BrN4S.C18H29BBrN3O4S.C12H8BrN/c1-24(2,3)31-23(30)29-12-10-28(11-13-29)22-27-21(25)20(32-22)17-8-9-26-18-14-15-6-4-5-7-16(15)19(17)18;20-18-17(25-19(23-18)24-9-7-21-8-10-24)14-5-6-22-15-11-12-3-1-2-4-13(12)16(14)15;1-16(2,3)25-15(24)23-10-8-22(9-11-23)14-21-13(20)12(28-14)19-26-17(4,5)18(6,7)27-19;13-10-5-6-14-11-7-8-3-1-2-4-9(8)12(10)11/h4-9H,10-14H2,1-3H3;1-6,21H,7-11H2;8-11H2,1-7H3;1-6H,7H2. The summed E-state index contributed by atoms with van der Waals surface area (Å²) in [5.74, 6) is 0. The molecule has 2 amide bonds. The van der Waals surface area contributed by atoms with E-state index in [0.717, 1.165) is 108 Å². The van der Waals surface area contributed by atoms with E-state index < -0.39 is 18.3 Å². The largest absolute Gasteiger partial charge is 0.508 e. The lowest BCUT2D eigenvalue weighted by Gasteiger charge is -2.35. The number of ether oxygens (including phenoxy) is 2. The summed E-state index contributed by atoms with van der Waals surface area (Å²) in [7, 11) is -0.436. The second-order valence-corrected chi connectivity index (χ2v) is 34.2. The number of pyridine rings is 3. The van der Waals surface area contributed by atoms with Crippen LogP contribution in [0, 0.1) is 0 Å². The highest BCUT2D eigenvalue weighted by Gasteiger charge is 2.53. The lowest BCUT2D eigenvalue weighted by atomic mass is 9.89. The lowest BCUT2D eigenvalue weighted by Crippen LogP contribution is -2.50. The molecule has 0 atom stereocenters. The van der Waals surface area contributed by atoms with Crippen LogP contribution in [0.3, 0.4) is 0 Å². The number of nitrogens with one attached hydrogen (secondary N) is 1. The molecule has 0 bridgehead atoms. The molecule has 3 aromatic carbocycles. The van der Waals surface area contributed by atoms with Crippen molar-refractivity contribution in [3.05, 3.63) is 162 Å². The Morgan fingerprint density at radius 3 is 1.26 bits per heavy atom. The number of nitrogens with zero attached hydrogens (tertiary/aromatic N) is 11. The molecule has 0 saturated carbocycles. The van der Waals surface area contributed by atoms with Crippen molar-refractivity contribution in [1.82, 2.24) is 45.0 Å². The molecule has 18 nitrogen and oxygen atoms in total. The zero-order valence-electron chi connectivity index (χ0n) is 57.2.